The second kappa shape index (κ2) is 6.14. The minimum atomic E-state index is 0.256. The van der Waals surface area contributed by atoms with Crippen LogP contribution in [0.2, 0.25) is 5.02 Å². The van der Waals surface area contributed by atoms with Crippen molar-refractivity contribution in [1.82, 2.24) is 0 Å². The molecule has 2 rings (SSSR count). The van der Waals surface area contributed by atoms with Crippen LogP contribution in [-0.4, -0.2) is 25.3 Å². The van der Waals surface area contributed by atoms with Gasteiger partial charge in [-0.1, -0.05) is 18.5 Å². The molecule has 18 heavy (non-hydrogen) atoms. The fraction of sp³-hybridized carbons (Fsp3) is 0.571. The Morgan fingerprint density at radius 2 is 2.22 bits per heavy atom. The number of anilines is 1. The van der Waals surface area contributed by atoms with Crippen molar-refractivity contribution in [3.8, 4) is 0 Å². The van der Waals surface area contributed by atoms with E-state index in [-0.39, 0.29) is 6.10 Å². The van der Waals surface area contributed by atoms with E-state index in [1.54, 1.807) is 0 Å². The van der Waals surface area contributed by atoms with Crippen molar-refractivity contribution < 1.29 is 4.74 Å². The average molecular weight is 288 g/mol. The summed E-state index contributed by atoms with van der Waals surface area (Å²) in [6.45, 7) is 5.98. The van der Waals surface area contributed by atoms with E-state index in [4.69, 9.17) is 27.9 Å². The van der Waals surface area contributed by atoms with E-state index in [9.17, 15) is 0 Å². The zero-order valence-electron chi connectivity index (χ0n) is 10.8. The van der Waals surface area contributed by atoms with Crippen molar-refractivity contribution in [2.45, 2.75) is 38.3 Å². The first-order valence-corrected chi connectivity index (χ1v) is 7.29. The van der Waals surface area contributed by atoms with Crippen LogP contribution >= 0.6 is 23.2 Å². The van der Waals surface area contributed by atoms with Gasteiger partial charge in [0, 0.05) is 23.1 Å². The molecule has 2 nitrogen and oxygen atoms in total. The standard InChI is InChI=1S/C14H19Cl2NO/c1-3-13-9-18-10(2)8-17(13)14-5-4-12(16)6-11(14)7-15/h4-6,10,13H,3,7-9H2,1-2H3. The minimum Gasteiger partial charge on any atom is -0.375 e. The number of morpholine rings is 1. The minimum absolute atomic E-state index is 0.256. The van der Waals surface area contributed by atoms with Crippen LogP contribution in [0.3, 0.4) is 0 Å². The van der Waals surface area contributed by atoms with Crippen LogP contribution in [0.1, 0.15) is 25.8 Å². The van der Waals surface area contributed by atoms with Gasteiger partial charge < -0.3 is 9.64 Å². The Hall–Kier alpha value is -0.440. The fourth-order valence-corrected chi connectivity index (χ4v) is 2.83. The van der Waals surface area contributed by atoms with Crippen molar-refractivity contribution in [3.05, 3.63) is 28.8 Å². The Bertz CT molecular complexity index is 411. The molecule has 1 aliphatic heterocycles. The second-order valence-electron chi connectivity index (χ2n) is 4.77. The monoisotopic (exact) mass is 287 g/mol. The van der Waals surface area contributed by atoms with Crippen molar-refractivity contribution in [2.24, 2.45) is 0 Å². The molecule has 0 spiro atoms. The summed E-state index contributed by atoms with van der Waals surface area (Å²) in [6.07, 6.45) is 1.32. The molecule has 0 saturated carbocycles. The third-order valence-electron chi connectivity index (χ3n) is 3.43. The van der Waals surface area contributed by atoms with E-state index in [1.165, 1.54) is 5.69 Å². The summed E-state index contributed by atoms with van der Waals surface area (Å²) in [5.41, 5.74) is 2.29. The second-order valence-corrected chi connectivity index (χ2v) is 5.47. The number of benzene rings is 1. The number of ether oxygens (including phenoxy) is 1. The van der Waals surface area contributed by atoms with Gasteiger partial charge in [0.2, 0.25) is 0 Å². The van der Waals surface area contributed by atoms with E-state index in [0.29, 0.717) is 11.9 Å². The molecule has 1 aliphatic rings. The van der Waals surface area contributed by atoms with Crippen molar-refractivity contribution in [3.63, 3.8) is 0 Å². The molecule has 1 fully saturated rings. The van der Waals surface area contributed by atoms with E-state index < -0.39 is 0 Å². The van der Waals surface area contributed by atoms with Gasteiger partial charge in [-0.2, -0.15) is 0 Å². The highest BCUT2D eigenvalue weighted by Gasteiger charge is 2.27. The van der Waals surface area contributed by atoms with Gasteiger partial charge >= 0.3 is 0 Å². The number of halogens is 2. The molecule has 100 valence electrons. The lowest BCUT2D eigenvalue weighted by atomic mass is 10.1. The molecule has 0 aliphatic carbocycles. The average Bonchev–Trinajstić information content (AvgIpc) is 2.38. The maximum Gasteiger partial charge on any atom is 0.0723 e. The first-order chi connectivity index (χ1) is 8.65. The van der Waals surface area contributed by atoms with Gasteiger partial charge in [0.25, 0.3) is 0 Å². The van der Waals surface area contributed by atoms with Crippen molar-refractivity contribution >= 4 is 28.9 Å². The molecule has 1 saturated heterocycles. The van der Waals surface area contributed by atoms with Gasteiger partial charge in [0.1, 0.15) is 0 Å². The van der Waals surface area contributed by atoms with Crippen LogP contribution in [0.5, 0.6) is 0 Å². The lowest BCUT2D eigenvalue weighted by molar-refractivity contribution is 0.0299. The zero-order valence-corrected chi connectivity index (χ0v) is 12.3. The van der Waals surface area contributed by atoms with E-state index in [0.717, 1.165) is 30.2 Å². The van der Waals surface area contributed by atoms with Crippen LogP contribution < -0.4 is 4.90 Å². The molecule has 4 heteroatoms. The van der Waals surface area contributed by atoms with Gasteiger partial charge in [-0.3, -0.25) is 0 Å². The van der Waals surface area contributed by atoms with Gasteiger partial charge in [0.15, 0.2) is 0 Å². The molecule has 0 radical (unpaired) electrons. The Labute approximate surface area is 119 Å². The number of hydrogen-bond acceptors (Lipinski definition) is 2. The highest BCUT2D eigenvalue weighted by molar-refractivity contribution is 6.30. The Balaban J connectivity index is 2.32. The Kier molecular flexibility index (Phi) is 4.77. The summed E-state index contributed by atoms with van der Waals surface area (Å²) >= 11 is 12.1. The van der Waals surface area contributed by atoms with Crippen LogP contribution in [0.15, 0.2) is 18.2 Å². The van der Waals surface area contributed by atoms with E-state index in [1.807, 2.05) is 12.1 Å². The normalized spacial score (nSPS) is 24.3. The molecule has 1 heterocycles. The molecule has 1 aromatic carbocycles. The predicted octanol–water partition coefficient (Wildman–Crippen LogP) is 4.08. The maximum atomic E-state index is 6.03. The van der Waals surface area contributed by atoms with Crippen LogP contribution in [0.4, 0.5) is 5.69 Å². The Morgan fingerprint density at radius 1 is 1.44 bits per heavy atom. The van der Waals surface area contributed by atoms with Crippen molar-refractivity contribution in [1.29, 1.82) is 0 Å². The Morgan fingerprint density at radius 3 is 2.89 bits per heavy atom. The van der Waals surface area contributed by atoms with Crippen LogP contribution in [0, 0.1) is 0 Å². The summed E-state index contributed by atoms with van der Waals surface area (Å²) in [5.74, 6) is 0.484. The van der Waals surface area contributed by atoms with Crippen LogP contribution in [-0.2, 0) is 10.6 Å². The SMILES string of the molecule is CCC1COC(C)CN1c1ccc(Cl)cc1CCl. The molecule has 0 bridgehead atoms. The molecule has 0 amide bonds. The predicted molar refractivity (Wildman–Crippen MR) is 77.8 cm³/mol. The number of rotatable bonds is 3. The summed E-state index contributed by atoms with van der Waals surface area (Å²) in [5, 5.41) is 0.740. The molecular weight excluding hydrogens is 269 g/mol. The third kappa shape index (κ3) is 2.93. The van der Waals surface area contributed by atoms with Crippen LogP contribution in [0.25, 0.3) is 0 Å². The van der Waals surface area contributed by atoms with E-state index in [2.05, 4.69) is 24.8 Å². The lowest BCUT2D eigenvalue weighted by Gasteiger charge is -2.40. The zero-order chi connectivity index (χ0) is 13.1. The number of hydrogen-bond donors (Lipinski definition) is 0. The molecule has 1 aromatic rings. The van der Waals surface area contributed by atoms with Gasteiger partial charge in [-0.05, 0) is 37.1 Å². The lowest BCUT2D eigenvalue weighted by Crippen LogP contribution is -2.49. The number of alkyl halides is 1. The van der Waals surface area contributed by atoms with Crippen molar-refractivity contribution in [2.75, 3.05) is 18.1 Å². The topological polar surface area (TPSA) is 12.5 Å². The first-order valence-electron chi connectivity index (χ1n) is 6.38. The third-order valence-corrected chi connectivity index (χ3v) is 3.96. The van der Waals surface area contributed by atoms with E-state index >= 15 is 0 Å². The molecular formula is C14H19Cl2NO. The highest BCUT2D eigenvalue weighted by Crippen LogP contribution is 2.30. The fourth-order valence-electron chi connectivity index (χ4n) is 2.42. The van der Waals surface area contributed by atoms with Gasteiger partial charge in [-0.15, -0.1) is 11.6 Å². The number of nitrogens with zero attached hydrogens (tertiary/aromatic N) is 1. The first kappa shape index (κ1) is 14.0. The highest BCUT2D eigenvalue weighted by atomic mass is 35.5. The molecule has 2 unspecified atom stereocenters. The summed E-state index contributed by atoms with van der Waals surface area (Å²) in [6, 6.07) is 6.38. The maximum absolute atomic E-state index is 6.03. The smallest absolute Gasteiger partial charge is 0.0723 e. The van der Waals surface area contributed by atoms with Gasteiger partial charge in [0.05, 0.1) is 18.8 Å². The molecule has 2 atom stereocenters. The summed E-state index contributed by atoms with van der Waals surface area (Å²) in [7, 11) is 0. The summed E-state index contributed by atoms with van der Waals surface area (Å²) in [4.78, 5) is 2.40. The quantitative estimate of drug-likeness (QED) is 0.777. The molecule has 0 N–H and O–H groups in total. The summed E-state index contributed by atoms with van der Waals surface area (Å²) < 4.78 is 5.73. The molecule has 0 aromatic heterocycles. The van der Waals surface area contributed by atoms with Gasteiger partial charge in [-0.25, -0.2) is 0 Å². The largest absolute Gasteiger partial charge is 0.375 e.